The lowest BCUT2D eigenvalue weighted by Gasteiger charge is -2.26. The summed E-state index contributed by atoms with van der Waals surface area (Å²) in [6, 6.07) is 14.4. The maximum absolute atomic E-state index is 5.63. The maximum atomic E-state index is 5.63. The van der Waals surface area contributed by atoms with Crippen molar-refractivity contribution >= 4 is 11.3 Å². The van der Waals surface area contributed by atoms with Crippen molar-refractivity contribution in [1.82, 2.24) is 5.32 Å². The molecule has 5 heteroatoms. The van der Waals surface area contributed by atoms with Crippen molar-refractivity contribution in [2.75, 3.05) is 33.9 Å². The minimum atomic E-state index is 0.483. The van der Waals surface area contributed by atoms with Crippen molar-refractivity contribution in [3.63, 3.8) is 0 Å². The zero-order chi connectivity index (χ0) is 21.4. The highest BCUT2D eigenvalue weighted by Gasteiger charge is 2.39. The average molecular weight is 408 g/mol. The van der Waals surface area contributed by atoms with Crippen LogP contribution in [0.1, 0.15) is 38.1 Å². The van der Waals surface area contributed by atoms with Gasteiger partial charge in [-0.05, 0) is 39.1 Å². The number of aryl methyl sites for hydroxylation is 2. The molecule has 0 spiro atoms. The van der Waals surface area contributed by atoms with E-state index in [2.05, 4.69) is 62.7 Å². The molecule has 1 aromatic heterocycles. The van der Waals surface area contributed by atoms with Gasteiger partial charge >= 0.3 is 0 Å². The molecule has 28 heavy (non-hydrogen) atoms. The fraction of sp³-hybridized carbons (Fsp3) is 0.478. The van der Waals surface area contributed by atoms with Crippen LogP contribution in [0.5, 0.6) is 0 Å². The number of ether oxygens (including phenoxy) is 1. The van der Waals surface area contributed by atoms with E-state index in [1.165, 1.54) is 10.4 Å². The van der Waals surface area contributed by atoms with Gasteiger partial charge in [0.05, 0.1) is 7.11 Å². The van der Waals surface area contributed by atoms with Gasteiger partial charge in [0.15, 0.2) is 6.61 Å². The fourth-order valence-corrected chi connectivity index (χ4v) is 2.86. The molecule has 1 aliphatic rings. The number of hydrogen-bond acceptors (Lipinski definition) is 4. The van der Waals surface area contributed by atoms with E-state index in [1.807, 2.05) is 39.1 Å². The summed E-state index contributed by atoms with van der Waals surface area (Å²) in [5.74, 6) is 1.96. The van der Waals surface area contributed by atoms with Gasteiger partial charge in [-0.25, -0.2) is 0 Å². The molecule has 0 bridgehead atoms. The lowest BCUT2D eigenvalue weighted by Crippen LogP contribution is -2.44. The first-order chi connectivity index (χ1) is 13.5. The number of thiophene rings is 1. The average Bonchev–Trinajstić information content (AvgIpc) is 3.33. The van der Waals surface area contributed by atoms with E-state index in [4.69, 9.17) is 9.57 Å². The van der Waals surface area contributed by atoms with E-state index in [1.54, 1.807) is 18.4 Å². The molecule has 2 heterocycles. The number of methoxy groups -OCH3 is 1. The number of hydrogen-bond donors (Lipinski definition) is 1. The molecule has 3 rings (SSSR count). The van der Waals surface area contributed by atoms with Gasteiger partial charge in [-0.3, -0.25) is 0 Å². The molecule has 1 aromatic carbocycles. The van der Waals surface area contributed by atoms with Crippen molar-refractivity contribution in [1.29, 1.82) is 0 Å². The second kappa shape index (κ2) is 15.1. The van der Waals surface area contributed by atoms with Crippen LogP contribution in [-0.4, -0.2) is 38.5 Å². The molecular weight excluding hydrogens is 368 g/mol. The molecule has 0 fully saturated rings. The maximum Gasteiger partial charge on any atom is 0.275 e. The van der Waals surface area contributed by atoms with E-state index in [-0.39, 0.29) is 0 Å². The Kier molecular flexibility index (Phi) is 14.2. The summed E-state index contributed by atoms with van der Waals surface area (Å²) >= 11 is 1.78. The van der Waals surface area contributed by atoms with E-state index in [9.17, 15) is 0 Å². The zero-order valence-electron chi connectivity index (χ0n) is 18.9. The monoisotopic (exact) mass is 407 g/mol. The van der Waals surface area contributed by atoms with E-state index >= 15 is 0 Å². The highest BCUT2D eigenvalue weighted by molar-refractivity contribution is 7.09. The van der Waals surface area contributed by atoms with Crippen LogP contribution >= 0.6 is 11.3 Å². The Hall–Kier alpha value is -1.82. The highest BCUT2D eigenvalue weighted by Crippen LogP contribution is 2.25. The van der Waals surface area contributed by atoms with Crippen molar-refractivity contribution in [2.24, 2.45) is 0 Å². The Balaban J connectivity index is 0.000000408. The van der Waals surface area contributed by atoms with Crippen LogP contribution in [0.25, 0.3) is 0 Å². The number of rotatable bonds is 4. The summed E-state index contributed by atoms with van der Waals surface area (Å²) < 4.78 is 5.73. The molecule has 1 aliphatic heterocycles. The number of nitrogens with zero attached hydrogens (tertiary/aromatic N) is 1. The van der Waals surface area contributed by atoms with Crippen molar-refractivity contribution in [3.8, 4) is 0 Å². The van der Waals surface area contributed by atoms with Crippen LogP contribution in [0.15, 0.2) is 59.4 Å². The summed E-state index contributed by atoms with van der Waals surface area (Å²) in [6.45, 7) is 14.7. The minimum Gasteiger partial charge on any atom is -0.491 e. The van der Waals surface area contributed by atoms with Crippen LogP contribution in [0.4, 0.5) is 0 Å². The van der Waals surface area contributed by atoms with Gasteiger partial charge in [-0.15, -0.1) is 16.0 Å². The predicted octanol–water partition coefficient (Wildman–Crippen LogP) is 5.90. The molecule has 4 nitrogen and oxygen atoms in total. The molecule has 1 N–H and O–H groups in total. The smallest absolute Gasteiger partial charge is 0.275 e. The molecule has 0 saturated heterocycles. The summed E-state index contributed by atoms with van der Waals surface area (Å²) in [5.41, 5.74) is 1.32. The lowest BCUT2D eigenvalue weighted by atomic mass is 10.2. The number of benzene rings is 1. The third-order valence-corrected chi connectivity index (χ3v) is 4.82. The minimum absolute atomic E-state index is 0.483. The highest BCUT2D eigenvalue weighted by atomic mass is 32.1. The third-order valence-electron chi connectivity index (χ3n) is 4.02. The van der Waals surface area contributed by atoms with Crippen LogP contribution in [0.2, 0.25) is 0 Å². The second-order valence-corrected chi connectivity index (χ2v) is 7.23. The summed E-state index contributed by atoms with van der Waals surface area (Å²) in [4.78, 5) is 7.02. The van der Waals surface area contributed by atoms with Gasteiger partial charge in [0.1, 0.15) is 13.6 Å². The number of quaternary nitrogens is 1. The lowest BCUT2D eigenvalue weighted by molar-refractivity contribution is -1.05. The first kappa shape index (κ1) is 26.2. The van der Waals surface area contributed by atoms with Gasteiger partial charge in [0, 0.05) is 11.4 Å². The van der Waals surface area contributed by atoms with Crippen molar-refractivity contribution in [3.05, 3.63) is 69.9 Å². The number of hydroxylamine groups is 3. The molecule has 0 amide bonds. The Morgan fingerprint density at radius 2 is 1.71 bits per heavy atom. The SMILES string of the molecule is CC.CCNC1=C(OC)CO[N+]1(C)CC.Cc1ccccc1.Cc1cccs1. The summed E-state index contributed by atoms with van der Waals surface area (Å²) in [7, 11) is 3.71. The van der Waals surface area contributed by atoms with Gasteiger partial charge in [-0.1, -0.05) is 55.8 Å². The normalized spacial score (nSPS) is 17.3. The number of nitrogens with one attached hydrogen (secondary N) is 1. The van der Waals surface area contributed by atoms with Crippen LogP contribution in [0.3, 0.4) is 0 Å². The quantitative estimate of drug-likeness (QED) is 0.640. The van der Waals surface area contributed by atoms with Crippen LogP contribution in [0, 0.1) is 13.8 Å². The van der Waals surface area contributed by atoms with Crippen LogP contribution in [-0.2, 0) is 9.57 Å². The Morgan fingerprint density at radius 3 is 2.04 bits per heavy atom. The van der Waals surface area contributed by atoms with Crippen molar-refractivity contribution in [2.45, 2.75) is 41.5 Å². The van der Waals surface area contributed by atoms with Crippen LogP contribution < -0.4 is 5.32 Å². The molecule has 2 aromatic rings. The van der Waals surface area contributed by atoms with E-state index < -0.39 is 0 Å². The first-order valence-corrected chi connectivity index (χ1v) is 10.9. The molecule has 0 aliphatic carbocycles. The van der Waals surface area contributed by atoms with E-state index in [0.29, 0.717) is 11.3 Å². The molecule has 0 saturated carbocycles. The molecule has 1 atom stereocenters. The molecular formula is C23H39N2O2S+. The Morgan fingerprint density at radius 1 is 1.07 bits per heavy atom. The Labute approximate surface area is 176 Å². The standard InChI is InChI=1S/C9H19N2O2.C7H8.C5H6S.C2H6/c1-5-10-9-8(12-4)7-13-11(9,3)6-2;1-7-5-3-2-4-6-7;1-5-3-2-4-6-5;1-2/h10H,5-7H2,1-4H3;2-6H,1H3;2-4H,1H3;1-2H3/q+1;;;. The largest absolute Gasteiger partial charge is 0.491 e. The fourth-order valence-electron chi connectivity index (χ4n) is 2.33. The van der Waals surface area contributed by atoms with Gasteiger partial charge in [-0.2, -0.15) is 4.84 Å². The summed E-state index contributed by atoms with van der Waals surface area (Å²) in [5, 5.41) is 5.37. The van der Waals surface area contributed by atoms with E-state index in [0.717, 1.165) is 24.7 Å². The van der Waals surface area contributed by atoms with Crippen molar-refractivity contribution < 1.29 is 14.2 Å². The van der Waals surface area contributed by atoms with Gasteiger partial charge < -0.3 is 10.1 Å². The van der Waals surface area contributed by atoms with Gasteiger partial charge in [0.2, 0.25) is 5.76 Å². The second-order valence-electron chi connectivity index (χ2n) is 6.08. The Bertz CT molecular complexity index is 642. The first-order valence-electron chi connectivity index (χ1n) is 10.00. The molecule has 1 unspecified atom stereocenters. The third kappa shape index (κ3) is 9.40. The molecule has 0 radical (unpaired) electrons. The van der Waals surface area contributed by atoms with Gasteiger partial charge in [0.25, 0.3) is 5.82 Å². The predicted molar refractivity (Wildman–Crippen MR) is 122 cm³/mol. The zero-order valence-corrected chi connectivity index (χ0v) is 19.7. The summed E-state index contributed by atoms with van der Waals surface area (Å²) in [6.07, 6.45) is 0. The molecule has 158 valence electrons. The topological polar surface area (TPSA) is 30.5 Å².